The molecule has 1 aromatic carbocycles. The van der Waals surface area contributed by atoms with Crippen molar-refractivity contribution in [1.82, 2.24) is 4.90 Å². The molecule has 2 aliphatic heterocycles. The van der Waals surface area contributed by atoms with Gasteiger partial charge in [0.05, 0.1) is 12.8 Å². The van der Waals surface area contributed by atoms with Crippen molar-refractivity contribution in [2.75, 3.05) is 20.2 Å². The molecule has 0 radical (unpaired) electrons. The highest BCUT2D eigenvalue weighted by Gasteiger charge is 2.32. The molecule has 22 heavy (non-hydrogen) atoms. The Kier molecular flexibility index (Phi) is 4.61. The summed E-state index contributed by atoms with van der Waals surface area (Å²) in [4.78, 5) is 19.9. The lowest BCUT2D eigenvalue weighted by molar-refractivity contribution is -0.142. The van der Waals surface area contributed by atoms with Crippen molar-refractivity contribution >= 4 is 11.6 Å². The molecule has 3 rings (SSSR count). The Morgan fingerprint density at radius 3 is 2.50 bits per heavy atom. The van der Waals surface area contributed by atoms with Gasteiger partial charge in [0, 0.05) is 19.5 Å². The molecule has 1 fully saturated rings. The fourth-order valence-corrected chi connectivity index (χ4v) is 2.96. The van der Waals surface area contributed by atoms with Crippen LogP contribution in [0.1, 0.15) is 37.7 Å². The highest BCUT2D eigenvalue weighted by Crippen LogP contribution is 2.21. The van der Waals surface area contributed by atoms with Crippen molar-refractivity contribution in [1.29, 1.82) is 0 Å². The summed E-state index contributed by atoms with van der Waals surface area (Å²) in [5, 5.41) is 4.11. The van der Waals surface area contributed by atoms with E-state index in [1.165, 1.54) is 12.8 Å². The van der Waals surface area contributed by atoms with Crippen molar-refractivity contribution in [3.05, 3.63) is 29.8 Å². The van der Waals surface area contributed by atoms with Crippen LogP contribution >= 0.6 is 0 Å². The summed E-state index contributed by atoms with van der Waals surface area (Å²) < 4.78 is 5.15. The standard InChI is InChI=1S/C17H22N2O3/c1-21-14-8-6-13(7-9-14)15-12-16(22-18-15)17(20)19-10-4-2-3-5-11-19/h6-9,16H,2-5,10-12H2,1H3/t16-/m0/s1. The van der Waals surface area contributed by atoms with Gasteiger partial charge in [-0.25, -0.2) is 0 Å². The zero-order valence-electron chi connectivity index (χ0n) is 13.0. The lowest BCUT2D eigenvalue weighted by atomic mass is 10.0. The Bertz CT molecular complexity index is 546. The number of ether oxygens (including phenoxy) is 1. The van der Waals surface area contributed by atoms with Crippen molar-refractivity contribution in [3.63, 3.8) is 0 Å². The van der Waals surface area contributed by atoms with Crippen LogP contribution in [-0.4, -0.2) is 42.8 Å². The van der Waals surface area contributed by atoms with Gasteiger partial charge in [0.1, 0.15) is 5.75 Å². The summed E-state index contributed by atoms with van der Waals surface area (Å²) in [7, 11) is 1.64. The largest absolute Gasteiger partial charge is 0.497 e. The monoisotopic (exact) mass is 302 g/mol. The molecule has 1 aromatic rings. The second-order valence-electron chi connectivity index (χ2n) is 5.80. The van der Waals surface area contributed by atoms with Crippen molar-refractivity contribution in [2.24, 2.45) is 5.16 Å². The Hall–Kier alpha value is -2.04. The van der Waals surface area contributed by atoms with E-state index in [1.54, 1.807) is 7.11 Å². The highest BCUT2D eigenvalue weighted by atomic mass is 16.6. The van der Waals surface area contributed by atoms with Crippen LogP contribution < -0.4 is 4.74 Å². The number of benzene rings is 1. The predicted octanol–water partition coefficient (Wildman–Crippen LogP) is 2.59. The van der Waals surface area contributed by atoms with Gasteiger partial charge in [-0.1, -0.05) is 18.0 Å². The van der Waals surface area contributed by atoms with E-state index in [1.807, 2.05) is 29.2 Å². The fourth-order valence-electron chi connectivity index (χ4n) is 2.96. The van der Waals surface area contributed by atoms with Crippen LogP contribution in [0.3, 0.4) is 0 Å². The van der Waals surface area contributed by atoms with Crippen LogP contribution in [0.25, 0.3) is 0 Å². The number of methoxy groups -OCH3 is 1. The number of carbonyl (C=O) groups excluding carboxylic acids is 1. The maximum Gasteiger partial charge on any atom is 0.266 e. The number of hydrogen-bond donors (Lipinski definition) is 0. The summed E-state index contributed by atoms with van der Waals surface area (Å²) in [5.74, 6) is 0.884. The normalized spacial score (nSPS) is 21.8. The Morgan fingerprint density at radius 1 is 1.18 bits per heavy atom. The van der Waals surface area contributed by atoms with Gasteiger partial charge >= 0.3 is 0 Å². The molecular weight excluding hydrogens is 280 g/mol. The molecule has 0 aromatic heterocycles. The van der Waals surface area contributed by atoms with Crippen LogP contribution in [0.5, 0.6) is 5.75 Å². The molecule has 1 amide bonds. The van der Waals surface area contributed by atoms with Crippen molar-refractivity contribution in [3.8, 4) is 5.75 Å². The molecule has 0 aliphatic carbocycles. The SMILES string of the molecule is COc1ccc(C2=NO[C@H](C(=O)N3CCCCCC3)C2)cc1. The average molecular weight is 302 g/mol. The highest BCUT2D eigenvalue weighted by molar-refractivity contribution is 6.04. The van der Waals surface area contributed by atoms with Crippen molar-refractivity contribution < 1.29 is 14.4 Å². The Morgan fingerprint density at radius 2 is 1.86 bits per heavy atom. The molecule has 5 heteroatoms. The molecule has 0 spiro atoms. The number of nitrogens with zero attached hydrogens (tertiary/aromatic N) is 2. The number of carbonyl (C=O) groups is 1. The zero-order chi connectivity index (χ0) is 15.4. The molecule has 2 aliphatic rings. The Labute approximate surface area is 130 Å². The maximum absolute atomic E-state index is 12.5. The minimum absolute atomic E-state index is 0.0779. The summed E-state index contributed by atoms with van der Waals surface area (Å²) in [6.45, 7) is 1.69. The van der Waals surface area contributed by atoms with Gasteiger partial charge in [-0.05, 0) is 42.7 Å². The molecule has 0 saturated carbocycles. The smallest absolute Gasteiger partial charge is 0.266 e. The third kappa shape index (κ3) is 3.24. The Balaban J connectivity index is 1.61. The minimum atomic E-state index is -0.463. The molecule has 0 bridgehead atoms. The van der Waals surface area contributed by atoms with E-state index in [4.69, 9.17) is 9.57 Å². The van der Waals surface area contributed by atoms with Crippen molar-refractivity contribution in [2.45, 2.75) is 38.2 Å². The molecule has 1 atom stereocenters. The first-order valence-electron chi connectivity index (χ1n) is 7.94. The number of hydrogen-bond acceptors (Lipinski definition) is 4. The predicted molar refractivity (Wildman–Crippen MR) is 84.1 cm³/mol. The second kappa shape index (κ2) is 6.81. The van der Waals surface area contributed by atoms with Gasteiger partial charge in [0.15, 0.2) is 0 Å². The molecular formula is C17H22N2O3. The lowest BCUT2D eigenvalue weighted by Crippen LogP contribution is -2.39. The quantitative estimate of drug-likeness (QED) is 0.862. The number of amides is 1. The van der Waals surface area contributed by atoms with Gasteiger partial charge in [-0.15, -0.1) is 0 Å². The van der Waals surface area contributed by atoms with Crippen LogP contribution in [0.2, 0.25) is 0 Å². The number of likely N-dealkylation sites (tertiary alicyclic amines) is 1. The van der Waals surface area contributed by atoms with E-state index in [2.05, 4.69) is 5.16 Å². The number of rotatable bonds is 3. The minimum Gasteiger partial charge on any atom is -0.497 e. The molecule has 0 unspecified atom stereocenters. The van der Waals surface area contributed by atoms with E-state index in [0.29, 0.717) is 6.42 Å². The summed E-state index contributed by atoms with van der Waals surface area (Å²) in [6.07, 6.45) is 4.68. The van der Waals surface area contributed by atoms with E-state index in [0.717, 1.165) is 43.0 Å². The summed E-state index contributed by atoms with van der Waals surface area (Å²) >= 11 is 0. The third-order valence-electron chi connectivity index (χ3n) is 4.29. The van der Waals surface area contributed by atoms with Crippen LogP contribution in [0, 0.1) is 0 Å². The molecule has 118 valence electrons. The van der Waals surface area contributed by atoms with Gasteiger partial charge in [0.2, 0.25) is 6.10 Å². The molecule has 2 heterocycles. The fraction of sp³-hybridized carbons (Fsp3) is 0.529. The van der Waals surface area contributed by atoms with Gasteiger partial charge < -0.3 is 14.5 Å². The third-order valence-corrected chi connectivity index (χ3v) is 4.29. The first-order chi connectivity index (χ1) is 10.8. The second-order valence-corrected chi connectivity index (χ2v) is 5.80. The molecule has 5 nitrogen and oxygen atoms in total. The van der Waals surface area contributed by atoms with Gasteiger partial charge in [-0.2, -0.15) is 0 Å². The number of oxime groups is 1. The zero-order valence-corrected chi connectivity index (χ0v) is 13.0. The van der Waals surface area contributed by atoms with E-state index in [9.17, 15) is 4.79 Å². The van der Waals surface area contributed by atoms with Crippen LogP contribution in [0.4, 0.5) is 0 Å². The van der Waals surface area contributed by atoms with Crippen LogP contribution in [0.15, 0.2) is 29.4 Å². The first kappa shape index (κ1) is 14.9. The average Bonchev–Trinajstić information content (AvgIpc) is 2.90. The van der Waals surface area contributed by atoms with E-state index < -0.39 is 6.10 Å². The molecule has 0 N–H and O–H groups in total. The lowest BCUT2D eigenvalue weighted by Gasteiger charge is -2.22. The summed E-state index contributed by atoms with van der Waals surface area (Å²) in [5.41, 5.74) is 1.81. The van der Waals surface area contributed by atoms with Gasteiger partial charge in [-0.3, -0.25) is 4.79 Å². The van der Waals surface area contributed by atoms with E-state index >= 15 is 0 Å². The topological polar surface area (TPSA) is 51.1 Å². The van der Waals surface area contributed by atoms with Gasteiger partial charge in [0.25, 0.3) is 5.91 Å². The summed E-state index contributed by atoms with van der Waals surface area (Å²) in [6, 6.07) is 7.67. The maximum atomic E-state index is 12.5. The molecule has 1 saturated heterocycles. The van der Waals surface area contributed by atoms with Crippen LogP contribution in [-0.2, 0) is 9.63 Å². The first-order valence-corrected chi connectivity index (χ1v) is 7.94. The van der Waals surface area contributed by atoms with E-state index in [-0.39, 0.29) is 5.91 Å².